The predicted octanol–water partition coefficient (Wildman–Crippen LogP) is 10.3. The van der Waals surface area contributed by atoms with Gasteiger partial charge in [0.2, 0.25) is 0 Å². The monoisotopic (exact) mass is 553 g/mol. The first-order chi connectivity index (χ1) is 21.0. The van der Waals surface area contributed by atoms with Crippen LogP contribution in [0.2, 0.25) is 0 Å². The van der Waals surface area contributed by atoms with Crippen LogP contribution in [0.4, 0.5) is 0 Å². The molecule has 0 aliphatic heterocycles. The van der Waals surface area contributed by atoms with E-state index in [2.05, 4.69) is 148 Å². The van der Waals surface area contributed by atoms with Gasteiger partial charge in [-0.2, -0.15) is 0 Å². The van der Waals surface area contributed by atoms with Crippen LogP contribution in [0.1, 0.15) is 16.7 Å². The molecule has 2 aromatic heterocycles. The molecule has 7 rings (SSSR count). The Labute approximate surface area is 252 Å². The van der Waals surface area contributed by atoms with Crippen molar-refractivity contribution in [1.82, 2.24) is 15.0 Å². The third-order valence-electron chi connectivity index (χ3n) is 7.99. The molecule has 0 amide bonds. The summed E-state index contributed by atoms with van der Waals surface area (Å²) in [7, 11) is 0. The normalized spacial score (nSPS) is 11.1. The Balaban J connectivity index is 1.34. The van der Waals surface area contributed by atoms with E-state index in [1.54, 1.807) is 0 Å². The maximum absolute atomic E-state index is 5.20. The van der Waals surface area contributed by atoms with E-state index in [0.717, 1.165) is 39.2 Å². The molecule has 0 bridgehead atoms. The van der Waals surface area contributed by atoms with Gasteiger partial charge >= 0.3 is 0 Å². The molecule has 0 spiro atoms. The maximum atomic E-state index is 5.20. The molecule has 0 aliphatic rings. The molecule has 206 valence electrons. The topological polar surface area (TPSA) is 38.7 Å². The molecule has 7 aromatic rings. The fourth-order valence-corrected chi connectivity index (χ4v) is 5.39. The summed E-state index contributed by atoms with van der Waals surface area (Å²) in [5.41, 5.74) is 15.7. The third kappa shape index (κ3) is 5.45. The summed E-state index contributed by atoms with van der Waals surface area (Å²) >= 11 is 0. The number of aromatic nitrogens is 3. The molecular formula is C40H31N3. The maximum Gasteiger partial charge on any atom is 0.178 e. The Kier molecular flexibility index (Phi) is 6.84. The van der Waals surface area contributed by atoms with E-state index in [4.69, 9.17) is 15.0 Å². The summed E-state index contributed by atoms with van der Waals surface area (Å²) in [5.74, 6) is 0. The SMILES string of the molecule is Cc1ccc(-c2ccc(-c3nc4cc(-c5ccc(C)cc5)cnc4nc3-c3ccc(-c4ccc(C)cc4)cc3)cc2)cc1. The molecule has 0 N–H and O–H groups in total. The summed E-state index contributed by atoms with van der Waals surface area (Å²) < 4.78 is 0. The van der Waals surface area contributed by atoms with Crippen molar-refractivity contribution >= 4 is 11.2 Å². The van der Waals surface area contributed by atoms with Crippen LogP contribution < -0.4 is 0 Å². The van der Waals surface area contributed by atoms with Gasteiger partial charge < -0.3 is 0 Å². The lowest BCUT2D eigenvalue weighted by Crippen LogP contribution is -1.98. The van der Waals surface area contributed by atoms with Crippen molar-refractivity contribution in [2.24, 2.45) is 0 Å². The molecule has 0 saturated carbocycles. The number of hydrogen-bond acceptors (Lipinski definition) is 3. The van der Waals surface area contributed by atoms with E-state index in [9.17, 15) is 0 Å². The minimum absolute atomic E-state index is 0.633. The first kappa shape index (κ1) is 26.5. The van der Waals surface area contributed by atoms with Gasteiger partial charge in [-0.3, -0.25) is 0 Å². The van der Waals surface area contributed by atoms with Crippen molar-refractivity contribution in [2.45, 2.75) is 20.8 Å². The number of rotatable bonds is 5. The summed E-state index contributed by atoms with van der Waals surface area (Å²) in [4.78, 5) is 15.1. The van der Waals surface area contributed by atoms with Crippen LogP contribution in [0.5, 0.6) is 0 Å². The number of fused-ring (bicyclic) bond motifs is 1. The minimum atomic E-state index is 0.633. The van der Waals surface area contributed by atoms with Gasteiger partial charge in [0, 0.05) is 22.9 Å². The van der Waals surface area contributed by atoms with E-state index >= 15 is 0 Å². The number of benzene rings is 5. The zero-order valence-electron chi connectivity index (χ0n) is 24.5. The summed E-state index contributed by atoms with van der Waals surface area (Å²) in [6, 6.07) is 45.0. The van der Waals surface area contributed by atoms with Gasteiger partial charge in [0.1, 0.15) is 5.52 Å². The van der Waals surface area contributed by atoms with Crippen molar-refractivity contribution in [3.8, 4) is 55.9 Å². The molecule has 3 heteroatoms. The Bertz CT molecular complexity index is 2040. The standard InChI is InChI=1S/C40H31N3/c1-26-4-10-29(11-5-26)31-16-20-34(21-17-31)38-39(35-22-18-32(19-23-35)30-12-6-27(2)7-13-30)43-40-37(42-38)24-36(25-41-40)33-14-8-28(3)9-15-33/h4-25H,1-3H3. The Morgan fingerprint density at radius 2 is 0.674 bits per heavy atom. The molecule has 5 aromatic carbocycles. The Morgan fingerprint density at radius 1 is 0.349 bits per heavy atom. The lowest BCUT2D eigenvalue weighted by Gasteiger charge is -2.13. The quantitative estimate of drug-likeness (QED) is 0.213. The molecule has 3 nitrogen and oxygen atoms in total. The number of nitrogens with zero attached hydrogens (tertiary/aromatic N) is 3. The van der Waals surface area contributed by atoms with Gasteiger partial charge in [0.25, 0.3) is 0 Å². The van der Waals surface area contributed by atoms with Gasteiger partial charge in [0.05, 0.1) is 11.4 Å². The highest BCUT2D eigenvalue weighted by atomic mass is 14.9. The smallest absolute Gasteiger partial charge is 0.178 e. The zero-order chi connectivity index (χ0) is 29.3. The molecule has 43 heavy (non-hydrogen) atoms. The third-order valence-corrected chi connectivity index (χ3v) is 7.99. The van der Waals surface area contributed by atoms with E-state index in [1.165, 1.54) is 38.9 Å². The largest absolute Gasteiger partial charge is 0.242 e. The van der Waals surface area contributed by atoms with Gasteiger partial charge in [-0.15, -0.1) is 0 Å². The molecular weight excluding hydrogens is 522 g/mol. The van der Waals surface area contributed by atoms with Crippen LogP contribution >= 0.6 is 0 Å². The van der Waals surface area contributed by atoms with Crippen LogP contribution in [0.3, 0.4) is 0 Å². The second-order valence-electron chi connectivity index (χ2n) is 11.2. The fraction of sp³-hybridized carbons (Fsp3) is 0.0750. The van der Waals surface area contributed by atoms with E-state index < -0.39 is 0 Å². The lowest BCUT2D eigenvalue weighted by molar-refractivity contribution is 1.23. The zero-order valence-corrected chi connectivity index (χ0v) is 24.5. The van der Waals surface area contributed by atoms with E-state index in [-0.39, 0.29) is 0 Å². The van der Waals surface area contributed by atoms with Gasteiger partial charge in [-0.25, -0.2) is 15.0 Å². The average Bonchev–Trinajstić information content (AvgIpc) is 3.05. The highest BCUT2D eigenvalue weighted by Crippen LogP contribution is 2.34. The van der Waals surface area contributed by atoms with Crippen LogP contribution in [0, 0.1) is 20.8 Å². The van der Waals surface area contributed by atoms with Crippen LogP contribution in [-0.2, 0) is 0 Å². The second kappa shape index (κ2) is 11.1. The van der Waals surface area contributed by atoms with Crippen molar-refractivity contribution < 1.29 is 0 Å². The van der Waals surface area contributed by atoms with Crippen molar-refractivity contribution in [2.75, 3.05) is 0 Å². The summed E-state index contributed by atoms with van der Waals surface area (Å²) in [5, 5.41) is 0. The van der Waals surface area contributed by atoms with Crippen LogP contribution in [0.25, 0.3) is 67.1 Å². The molecule has 0 fully saturated rings. The van der Waals surface area contributed by atoms with Gasteiger partial charge in [0.15, 0.2) is 5.65 Å². The predicted molar refractivity (Wildman–Crippen MR) is 179 cm³/mol. The fourth-order valence-electron chi connectivity index (χ4n) is 5.39. The second-order valence-corrected chi connectivity index (χ2v) is 11.2. The van der Waals surface area contributed by atoms with E-state index in [0.29, 0.717) is 5.65 Å². The van der Waals surface area contributed by atoms with Crippen LogP contribution in [0.15, 0.2) is 134 Å². The van der Waals surface area contributed by atoms with E-state index in [1.807, 2.05) is 6.20 Å². The molecule has 0 saturated heterocycles. The average molecular weight is 554 g/mol. The molecule has 0 radical (unpaired) electrons. The highest BCUT2D eigenvalue weighted by molar-refractivity contribution is 5.87. The van der Waals surface area contributed by atoms with Crippen LogP contribution in [-0.4, -0.2) is 15.0 Å². The number of hydrogen-bond donors (Lipinski definition) is 0. The highest BCUT2D eigenvalue weighted by Gasteiger charge is 2.15. The Morgan fingerprint density at radius 3 is 1.09 bits per heavy atom. The van der Waals surface area contributed by atoms with Gasteiger partial charge in [-0.1, -0.05) is 138 Å². The first-order valence-electron chi connectivity index (χ1n) is 14.6. The van der Waals surface area contributed by atoms with Crippen molar-refractivity contribution in [3.63, 3.8) is 0 Å². The lowest BCUT2D eigenvalue weighted by atomic mass is 9.98. The number of aryl methyl sites for hydroxylation is 3. The van der Waals surface area contributed by atoms with Crippen molar-refractivity contribution in [3.05, 3.63) is 150 Å². The molecule has 0 aliphatic carbocycles. The summed E-state index contributed by atoms with van der Waals surface area (Å²) in [6.45, 7) is 6.32. The minimum Gasteiger partial charge on any atom is -0.242 e. The molecule has 0 atom stereocenters. The number of pyridine rings is 1. The van der Waals surface area contributed by atoms with Gasteiger partial charge in [-0.05, 0) is 54.7 Å². The molecule has 0 unspecified atom stereocenters. The van der Waals surface area contributed by atoms with Crippen molar-refractivity contribution in [1.29, 1.82) is 0 Å². The molecule has 2 heterocycles. The summed E-state index contributed by atoms with van der Waals surface area (Å²) in [6.07, 6.45) is 1.89. The first-order valence-corrected chi connectivity index (χ1v) is 14.6. The Hall–Kier alpha value is -5.41.